The maximum absolute atomic E-state index is 12.0. The van der Waals surface area contributed by atoms with Crippen LogP contribution in [0.2, 0.25) is 0 Å². The van der Waals surface area contributed by atoms with Crippen LogP contribution >= 0.6 is 0 Å². The maximum atomic E-state index is 12.0. The molecule has 0 unspecified atom stereocenters. The molecule has 170 valence electrons. The van der Waals surface area contributed by atoms with E-state index in [1.165, 1.54) is 0 Å². The SMILES string of the molecule is CC(C)(C)c1cc([C@H]2N[C@@H](C(=O)O)Cc3c2[nH]c2ccc(O)cc32)cc(C(C)(C)C)c1O. The monoisotopic (exact) mass is 436 g/mol. The fourth-order valence-electron chi connectivity index (χ4n) is 4.66. The van der Waals surface area contributed by atoms with E-state index in [-0.39, 0.29) is 16.6 Å². The van der Waals surface area contributed by atoms with Gasteiger partial charge in [-0.25, -0.2) is 0 Å². The Morgan fingerprint density at radius 1 is 0.969 bits per heavy atom. The van der Waals surface area contributed by atoms with E-state index in [0.29, 0.717) is 12.2 Å². The summed E-state index contributed by atoms with van der Waals surface area (Å²) in [5.41, 5.74) is 4.62. The van der Waals surface area contributed by atoms with Crippen LogP contribution in [-0.4, -0.2) is 32.3 Å². The van der Waals surface area contributed by atoms with Crippen molar-refractivity contribution in [3.8, 4) is 11.5 Å². The van der Waals surface area contributed by atoms with Gasteiger partial charge in [-0.15, -0.1) is 0 Å². The molecule has 0 aliphatic carbocycles. The molecule has 0 radical (unpaired) electrons. The molecule has 0 fully saturated rings. The van der Waals surface area contributed by atoms with Gasteiger partial charge in [-0.2, -0.15) is 0 Å². The van der Waals surface area contributed by atoms with E-state index >= 15 is 0 Å². The van der Waals surface area contributed by atoms with Crippen LogP contribution in [0.3, 0.4) is 0 Å². The second-order valence-electron chi connectivity index (χ2n) is 10.9. The topological polar surface area (TPSA) is 106 Å². The molecule has 32 heavy (non-hydrogen) atoms. The number of fused-ring (bicyclic) bond motifs is 3. The number of phenols is 2. The third-order valence-corrected chi connectivity index (χ3v) is 6.37. The molecule has 4 rings (SSSR count). The van der Waals surface area contributed by atoms with E-state index in [1.807, 2.05) is 18.2 Å². The first-order valence-electron chi connectivity index (χ1n) is 11.0. The zero-order valence-corrected chi connectivity index (χ0v) is 19.5. The highest BCUT2D eigenvalue weighted by Gasteiger charge is 2.36. The van der Waals surface area contributed by atoms with E-state index in [0.717, 1.165) is 38.9 Å². The van der Waals surface area contributed by atoms with Crippen molar-refractivity contribution in [2.24, 2.45) is 0 Å². The molecule has 0 bridgehead atoms. The summed E-state index contributed by atoms with van der Waals surface area (Å²) in [4.78, 5) is 15.5. The number of phenolic OH excluding ortho intramolecular Hbond substituents is 2. The molecular weight excluding hydrogens is 404 g/mol. The first-order valence-corrected chi connectivity index (χ1v) is 11.0. The predicted molar refractivity (Wildman–Crippen MR) is 126 cm³/mol. The third kappa shape index (κ3) is 3.73. The molecule has 3 aromatic rings. The normalized spacial score (nSPS) is 19.2. The average molecular weight is 437 g/mol. The number of aromatic hydroxyl groups is 2. The number of aliphatic carboxylic acids is 1. The minimum atomic E-state index is -0.916. The molecule has 0 saturated carbocycles. The second kappa shape index (κ2) is 7.27. The molecular formula is C26H32N2O4. The zero-order chi connectivity index (χ0) is 23.6. The molecule has 6 nitrogen and oxygen atoms in total. The fraction of sp³-hybridized carbons (Fsp3) is 0.423. The molecule has 0 amide bonds. The van der Waals surface area contributed by atoms with Crippen molar-refractivity contribution in [2.45, 2.75) is 70.9 Å². The number of aromatic nitrogens is 1. The Hall–Kier alpha value is -2.99. The highest BCUT2D eigenvalue weighted by Crippen LogP contribution is 2.43. The number of nitrogens with one attached hydrogen (secondary N) is 2. The van der Waals surface area contributed by atoms with E-state index in [9.17, 15) is 20.1 Å². The van der Waals surface area contributed by atoms with Crippen molar-refractivity contribution >= 4 is 16.9 Å². The predicted octanol–water partition coefficient (Wildman–Crippen LogP) is 4.86. The van der Waals surface area contributed by atoms with Crippen LogP contribution in [0, 0.1) is 0 Å². The van der Waals surface area contributed by atoms with Crippen molar-refractivity contribution in [1.82, 2.24) is 10.3 Å². The Labute approximate surface area is 188 Å². The molecule has 2 atom stereocenters. The largest absolute Gasteiger partial charge is 0.508 e. The van der Waals surface area contributed by atoms with Gasteiger partial charge in [0.15, 0.2) is 0 Å². The minimum Gasteiger partial charge on any atom is -0.508 e. The molecule has 1 aliphatic rings. The number of carboxylic acid groups (broad SMARTS) is 1. The van der Waals surface area contributed by atoms with Gasteiger partial charge in [0.05, 0.1) is 6.04 Å². The Bertz CT molecular complexity index is 1180. The molecule has 6 heteroatoms. The van der Waals surface area contributed by atoms with Crippen molar-refractivity contribution in [3.63, 3.8) is 0 Å². The summed E-state index contributed by atoms with van der Waals surface area (Å²) < 4.78 is 0. The quantitative estimate of drug-likeness (QED) is 0.394. The summed E-state index contributed by atoms with van der Waals surface area (Å²) in [5, 5.41) is 35.1. The molecule has 0 saturated heterocycles. The summed E-state index contributed by atoms with van der Waals surface area (Å²) in [5.74, 6) is -0.474. The lowest BCUT2D eigenvalue weighted by atomic mass is 9.77. The lowest BCUT2D eigenvalue weighted by molar-refractivity contribution is -0.139. The first-order chi connectivity index (χ1) is 14.8. The number of hydrogen-bond acceptors (Lipinski definition) is 4. The molecule has 0 spiro atoms. The first kappa shape index (κ1) is 22.2. The summed E-state index contributed by atoms with van der Waals surface area (Å²) in [6, 6.07) is 7.93. The smallest absolute Gasteiger partial charge is 0.321 e. The Balaban J connectivity index is 1.99. The standard InChI is InChI=1S/C26H32N2O4/c1-25(2,3)17-9-13(10-18(23(17)30)26(4,5)6)21-22-16(12-20(28-21)24(31)32)15-11-14(29)7-8-19(15)27-22/h7-11,20-21,27-30H,12H2,1-6H3,(H,31,32)/t20-,21-/m1/s1. The minimum absolute atomic E-state index is 0.149. The number of hydrogen-bond donors (Lipinski definition) is 5. The van der Waals surface area contributed by atoms with E-state index in [1.54, 1.807) is 12.1 Å². The summed E-state index contributed by atoms with van der Waals surface area (Å²) in [6.07, 6.45) is 0.320. The van der Waals surface area contributed by atoms with Crippen molar-refractivity contribution < 1.29 is 20.1 Å². The highest BCUT2D eigenvalue weighted by molar-refractivity contribution is 5.88. The van der Waals surface area contributed by atoms with Crippen molar-refractivity contribution in [3.05, 3.63) is 58.3 Å². The summed E-state index contributed by atoms with van der Waals surface area (Å²) in [7, 11) is 0. The average Bonchev–Trinajstić information content (AvgIpc) is 3.03. The number of carboxylic acids is 1. The Kier molecular flexibility index (Phi) is 5.05. The van der Waals surface area contributed by atoms with Crippen LogP contribution in [0.5, 0.6) is 11.5 Å². The van der Waals surface area contributed by atoms with E-state index in [2.05, 4.69) is 51.8 Å². The van der Waals surface area contributed by atoms with Gasteiger partial charge in [0.1, 0.15) is 17.5 Å². The van der Waals surface area contributed by atoms with Crippen LogP contribution in [0.4, 0.5) is 0 Å². The van der Waals surface area contributed by atoms with Gasteiger partial charge in [-0.05, 0) is 63.4 Å². The fourth-order valence-corrected chi connectivity index (χ4v) is 4.66. The van der Waals surface area contributed by atoms with Gasteiger partial charge in [0.25, 0.3) is 0 Å². The Morgan fingerprint density at radius 2 is 1.56 bits per heavy atom. The third-order valence-electron chi connectivity index (χ3n) is 6.37. The van der Waals surface area contributed by atoms with Crippen LogP contribution in [0.15, 0.2) is 30.3 Å². The number of carbonyl (C=O) groups is 1. The van der Waals surface area contributed by atoms with Gasteiger partial charge in [-0.3, -0.25) is 10.1 Å². The van der Waals surface area contributed by atoms with Crippen LogP contribution in [-0.2, 0) is 22.0 Å². The van der Waals surface area contributed by atoms with E-state index in [4.69, 9.17) is 0 Å². The summed E-state index contributed by atoms with van der Waals surface area (Å²) >= 11 is 0. The van der Waals surface area contributed by atoms with Crippen LogP contribution < -0.4 is 5.32 Å². The molecule has 2 heterocycles. The van der Waals surface area contributed by atoms with Crippen LogP contribution in [0.1, 0.15) is 75.5 Å². The zero-order valence-electron chi connectivity index (χ0n) is 19.5. The Morgan fingerprint density at radius 3 is 2.09 bits per heavy atom. The number of aromatic amines is 1. The van der Waals surface area contributed by atoms with Crippen molar-refractivity contribution in [1.29, 1.82) is 0 Å². The molecule has 1 aromatic heterocycles. The lowest BCUT2D eigenvalue weighted by Gasteiger charge is -2.33. The van der Waals surface area contributed by atoms with Gasteiger partial charge >= 0.3 is 5.97 Å². The molecule has 2 aromatic carbocycles. The lowest BCUT2D eigenvalue weighted by Crippen LogP contribution is -2.45. The van der Waals surface area contributed by atoms with Crippen LogP contribution in [0.25, 0.3) is 10.9 Å². The van der Waals surface area contributed by atoms with Crippen molar-refractivity contribution in [2.75, 3.05) is 0 Å². The number of H-pyrrole nitrogens is 1. The van der Waals surface area contributed by atoms with E-state index < -0.39 is 18.1 Å². The molecule has 5 N–H and O–H groups in total. The highest BCUT2D eigenvalue weighted by atomic mass is 16.4. The van der Waals surface area contributed by atoms with Gasteiger partial charge in [0.2, 0.25) is 0 Å². The number of rotatable bonds is 2. The maximum Gasteiger partial charge on any atom is 0.321 e. The van der Waals surface area contributed by atoms with Gasteiger partial charge in [0, 0.05) is 23.0 Å². The molecule has 1 aliphatic heterocycles. The second-order valence-corrected chi connectivity index (χ2v) is 10.9. The van der Waals surface area contributed by atoms with Gasteiger partial charge < -0.3 is 20.3 Å². The summed E-state index contributed by atoms with van der Waals surface area (Å²) in [6.45, 7) is 12.4. The van der Waals surface area contributed by atoms with Gasteiger partial charge in [-0.1, -0.05) is 41.5 Å². The number of benzene rings is 2.